The molecule has 0 saturated carbocycles. The molecule has 0 aliphatic carbocycles. The number of carbonyl (C=O) groups is 1. The normalized spacial score (nSPS) is 17.1. The molecule has 1 fully saturated rings. The highest BCUT2D eigenvalue weighted by atomic mass is 32.1. The number of para-hydroxylation sites is 1. The molecule has 1 aliphatic heterocycles. The maximum atomic E-state index is 12.9. The van der Waals surface area contributed by atoms with Gasteiger partial charge in [0.2, 0.25) is 5.91 Å². The van der Waals surface area contributed by atoms with Gasteiger partial charge in [0.05, 0.1) is 28.9 Å². The molecular weight excluding hydrogens is 382 g/mol. The second-order valence-corrected chi connectivity index (χ2v) is 8.78. The predicted molar refractivity (Wildman–Crippen MR) is 118 cm³/mol. The fourth-order valence-corrected chi connectivity index (χ4v) is 4.99. The van der Waals surface area contributed by atoms with Crippen molar-refractivity contribution < 1.29 is 9.53 Å². The molecule has 152 valence electrons. The molecule has 6 heteroatoms. The third-order valence-corrected chi connectivity index (χ3v) is 6.65. The van der Waals surface area contributed by atoms with Crippen LogP contribution in [0.1, 0.15) is 29.3 Å². The first-order valence-electron chi connectivity index (χ1n) is 10.1. The maximum absolute atomic E-state index is 12.9. The molecule has 29 heavy (non-hydrogen) atoms. The molecule has 0 N–H and O–H groups in total. The Morgan fingerprint density at radius 1 is 1.24 bits per heavy atom. The lowest BCUT2D eigenvalue weighted by atomic mass is 9.98. The van der Waals surface area contributed by atoms with Crippen LogP contribution in [0.25, 0.3) is 10.2 Å². The van der Waals surface area contributed by atoms with E-state index in [4.69, 9.17) is 9.72 Å². The number of methoxy groups -OCH3 is 1. The lowest BCUT2D eigenvalue weighted by Gasteiger charge is -2.33. The Kier molecular flexibility index (Phi) is 6.11. The van der Waals surface area contributed by atoms with Crippen LogP contribution < -0.4 is 4.74 Å². The predicted octanol–water partition coefficient (Wildman–Crippen LogP) is 4.14. The van der Waals surface area contributed by atoms with E-state index in [-0.39, 0.29) is 5.91 Å². The molecule has 1 atom stereocenters. The van der Waals surface area contributed by atoms with E-state index in [0.29, 0.717) is 12.5 Å². The Labute approximate surface area is 175 Å². The summed E-state index contributed by atoms with van der Waals surface area (Å²) in [5.74, 6) is 1.39. The first kappa shape index (κ1) is 19.9. The van der Waals surface area contributed by atoms with Gasteiger partial charge in [0.25, 0.3) is 0 Å². The number of likely N-dealkylation sites (tertiary alicyclic amines) is 1. The number of thiazole rings is 1. The SMILES string of the molecule is COc1ccc(CN(C)CC(=O)N2CCC[C@H](c3nc4ccccc4s3)C2)cc1. The molecule has 1 aromatic heterocycles. The third-order valence-electron chi connectivity index (χ3n) is 5.45. The van der Waals surface area contributed by atoms with Gasteiger partial charge in [-0.05, 0) is 49.7 Å². The zero-order valence-corrected chi connectivity index (χ0v) is 17.8. The van der Waals surface area contributed by atoms with E-state index < -0.39 is 0 Å². The van der Waals surface area contributed by atoms with Crippen LogP contribution >= 0.6 is 11.3 Å². The van der Waals surface area contributed by atoms with Gasteiger partial charge in [0, 0.05) is 25.6 Å². The van der Waals surface area contributed by atoms with Gasteiger partial charge in [-0.2, -0.15) is 0 Å². The quantitative estimate of drug-likeness (QED) is 0.614. The van der Waals surface area contributed by atoms with Crippen LogP contribution in [0.3, 0.4) is 0 Å². The molecule has 1 amide bonds. The minimum absolute atomic E-state index is 0.201. The highest BCUT2D eigenvalue weighted by molar-refractivity contribution is 7.18. The van der Waals surface area contributed by atoms with Crippen LogP contribution in [0.4, 0.5) is 0 Å². The lowest BCUT2D eigenvalue weighted by molar-refractivity contribution is -0.133. The van der Waals surface area contributed by atoms with E-state index in [1.807, 2.05) is 42.3 Å². The number of ether oxygens (including phenoxy) is 1. The van der Waals surface area contributed by atoms with Gasteiger partial charge in [-0.3, -0.25) is 9.69 Å². The number of rotatable bonds is 6. The van der Waals surface area contributed by atoms with Gasteiger partial charge < -0.3 is 9.64 Å². The van der Waals surface area contributed by atoms with Gasteiger partial charge in [0.15, 0.2) is 0 Å². The molecule has 0 spiro atoms. The van der Waals surface area contributed by atoms with Crippen LogP contribution in [-0.2, 0) is 11.3 Å². The monoisotopic (exact) mass is 409 g/mol. The molecule has 5 nitrogen and oxygen atoms in total. The fourth-order valence-electron chi connectivity index (χ4n) is 3.90. The van der Waals surface area contributed by atoms with E-state index in [0.717, 1.165) is 48.7 Å². The average Bonchev–Trinajstić information content (AvgIpc) is 3.19. The molecule has 1 aliphatic rings. The lowest BCUT2D eigenvalue weighted by Crippen LogP contribution is -2.43. The molecule has 3 aromatic rings. The second-order valence-electron chi connectivity index (χ2n) is 7.72. The van der Waals surface area contributed by atoms with Crippen molar-refractivity contribution in [2.75, 3.05) is 33.8 Å². The van der Waals surface area contributed by atoms with Crippen molar-refractivity contribution in [1.29, 1.82) is 0 Å². The zero-order valence-electron chi connectivity index (χ0n) is 17.0. The number of piperidine rings is 1. The number of hydrogen-bond donors (Lipinski definition) is 0. The Bertz CT molecular complexity index is 937. The first-order valence-corrected chi connectivity index (χ1v) is 10.9. The van der Waals surface area contributed by atoms with Crippen molar-refractivity contribution in [2.24, 2.45) is 0 Å². The Morgan fingerprint density at radius 3 is 2.79 bits per heavy atom. The van der Waals surface area contributed by atoms with Crippen molar-refractivity contribution >= 4 is 27.5 Å². The van der Waals surface area contributed by atoms with Crippen LogP contribution in [-0.4, -0.2) is 54.5 Å². The molecular formula is C23H27N3O2S. The van der Waals surface area contributed by atoms with Crippen molar-refractivity contribution in [3.63, 3.8) is 0 Å². The standard InChI is InChI=1S/C23H27N3O2S/c1-25(14-17-9-11-19(28-2)12-10-17)16-22(27)26-13-5-6-18(15-26)23-24-20-7-3-4-8-21(20)29-23/h3-4,7-12,18H,5-6,13-16H2,1-2H3/t18-/m0/s1. The van der Waals surface area contributed by atoms with Crippen LogP contribution in [0.2, 0.25) is 0 Å². The fraction of sp³-hybridized carbons (Fsp3) is 0.391. The van der Waals surface area contributed by atoms with Crippen molar-refractivity contribution in [3.8, 4) is 5.75 Å². The Balaban J connectivity index is 1.35. The summed E-state index contributed by atoms with van der Waals surface area (Å²) in [6.45, 7) is 2.79. The van der Waals surface area contributed by atoms with Crippen molar-refractivity contribution in [2.45, 2.75) is 25.3 Å². The van der Waals surface area contributed by atoms with Crippen molar-refractivity contribution in [1.82, 2.24) is 14.8 Å². The van der Waals surface area contributed by atoms with Gasteiger partial charge in [-0.15, -0.1) is 11.3 Å². The molecule has 4 rings (SSSR count). The molecule has 0 radical (unpaired) electrons. The summed E-state index contributed by atoms with van der Waals surface area (Å²) >= 11 is 1.77. The minimum atomic E-state index is 0.201. The number of benzene rings is 2. The minimum Gasteiger partial charge on any atom is -0.497 e. The summed E-state index contributed by atoms with van der Waals surface area (Å²) in [5, 5.41) is 1.16. The van der Waals surface area contributed by atoms with E-state index in [2.05, 4.69) is 23.1 Å². The largest absolute Gasteiger partial charge is 0.497 e. The Hall–Kier alpha value is -2.44. The zero-order chi connectivity index (χ0) is 20.2. The topological polar surface area (TPSA) is 45.7 Å². The van der Waals surface area contributed by atoms with Gasteiger partial charge in [-0.1, -0.05) is 24.3 Å². The molecule has 1 saturated heterocycles. The number of carbonyl (C=O) groups excluding carboxylic acids is 1. The molecule has 0 bridgehead atoms. The number of amides is 1. The van der Waals surface area contributed by atoms with Gasteiger partial charge in [0.1, 0.15) is 5.75 Å². The highest BCUT2D eigenvalue weighted by Gasteiger charge is 2.27. The second kappa shape index (κ2) is 8.93. The highest BCUT2D eigenvalue weighted by Crippen LogP contribution is 2.33. The molecule has 0 unspecified atom stereocenters. The number of nitrogens with zero attached hydrogens (tertiary/aromatic N) is 3. The summed E-state index contributed by atoms with van der Waals surface area (Å²) in [6.07, 6.45) is 2.14. The first-order chi connectivity index (χ1) is 14.1. The van der Waals surface area contributed by atoms with E-state index in [9.17, 15) is 4.79 Å². The maximum Gasteiger partial charge on any atom is 0.236 e. The van der Waals surface area contributed by atoms with Crippen molar-refractivity contribution in [3.05, 3.63) is 59.1 Å². The number of hydrogen-bond acceptors (Lipinski definition) is 5. The van der Waals surface area contributed by atoms with Crippen LogP contribution in [0.15, 0.2) is 48.5 Å². The average molecular weight is 410 g/mol. The van der Waals surface area contributed by atoms with Gasteiger partial charge >= 0.3 is 0 Å². The van der Waals surface area contributed by atoms with Gasteiger partial charge in [-0.25, -0.2) is 4.98 Å². The summed E-state index contributed by atoms with van der Waals surface area (Å²) in [7, 11) is 3.66. The van der Waals surface area contributed by atoms with Crippen LogP contribution in [0.5, 0.6) is 5.75 Å². The van der Waals surface area contributed by atoms with E-state index in [1.165, 1.54) is 10.3 Å². The van der Waals surface area contributed by atoms with Crippen LogP contribution in [0, 0.1) is 0 Å². The number of fused-ring (bicyclic) bond motifs is 1. The Morgan fingerprint density at radius 2 is 2.03 bits per heavy atom. The van der Waals surface area contributed by atoms with E-state index >= 15 is 0 Å². The molecule has 2 aromatic carbocycles. The van der Waals surface area contributed by atoms with E-state index in [1.54, 1.807) is 18.4 Å². The summed E-state index contributed by atoms with van der Waals surface area (Å²) < 4.78 is 6.43. The smallest absolute Gasteiger partial charge is 0.236 e. The summed E-state index contributed by atoms with van der Waals surface area (Å²) in [6, 6.07) is 16.3. The number of likely N-dealkylation sites (N-methyl/N-ethyl adjacent to an activating group) is 1. The molecule has 2 heterocycles. The summed E-state index contributed by atoms with van der Waals surface area (Å²) in [4.78, 5) is 21.8. The summed E-state index contributed by atoms with van der Waals surface area (Å²) in [5.41, 5.74) is 2.24. The number of aromatic nitrogens is 1. The third kappa shape index (κ3) is 4.77.